The maximum atomic E-state index is 10.3. The van der Waals surface area contributed by atoms with Crippen LogP contribution in [0.1, 0.15) is 13.3 Å². The first-order chi connectivity index (χ1) is 4.74. The zero-order valence-corrected chi connectivity index (χ0v) is 6.09. The van der Waals surface area contributed by atoms with Crippen LogP contribution in [0.25, 0.3) is 0 Å². The molecule has 58 valence electrons. The van der Waals surface area contributed by atoms with Crippen molar-refractivity contribution in [3.63, 3.8) is 0 Å². The van der Waals surface area contributed by atoms with Crippen LogP contribution in [-0.4, -0.2) is 25.5 Å². The van der Waals surface area contributed by atoms with Gasteiger partial charge >= 0.3 is 0 Å². The summed E-state index contributed by atoms with van der Waals surface area (Å²) >= 11 is 0. The molecule has 4 heteroatoms. The number of aldehydes is 1. The molecule has 0 saturated heterocycles. The summed E-state index contributed by atoms with van der Waals surface area (Å²) in [6.07, 6.45) is 1.44. The van der Waals surface area contributed by atoms with Gasteiger partial charge in [0.05, 0.1) is 0 Å². The molecule has 0 aromatic carbocycles. The number of rotatable bonds is 5. The predicted molar refractivity (Wildman–Crippen MR) is 35.3 cm³/mol. The summed E-state index contributed by atoms with van der Waals surface area (Å²) in [5.41, 5.74) is -1.12. The van der Waals surface area contributed by atoms with E-state index in [-0.39, 0.29) is 0 Å². The minimum Gasteiger partial charge on any atom is -0.352 e. The van der Waals surface area contributed by atoms with Gasteiger partial charge in [-0.05, 0) is 6.42 Å². The lowest BCUT2D eigenvalue weighted by Crippen LogP contribution is -2.47. The quantitative estimate of drug-likeness (QED) is 0.426. The molecule has 1 atom stereocenters. The Morgan fingerprint density at radius 2 is 2.20 bits per heavy atom. The average Bonchev–Trinajstić information content (AvgIpc) is 2.01. The van der Waals surface area contributed by atoms with Crippen molar-refractivity contribution < 1.29 is 14.3 Å². The molecule has 0 bridgehead atoms. The molecule has 4 nitrogen and oxygen atoms in total. The van der Waals surface area contributed by atoms with Crippen LogP contribution in [-0.2, 0) is 14.3 Å². The van der Waals surface area contributed by atoms with Gasteiger partial charge in [-0.2, -0.15) is 0 Å². The van der Waals surface area contributed by atoms with Crippen LogP contribution in [0.2, 0.25) is 0 Å². The monoisotopic (exact) mass is 145 g/mol. The smallest absolute Gasteiger partial charge is 0.209 e. The van der Waals surface area contributed by atoms with Crippen molar-refractivity contribution in [3.05, 3.63) is 0 Å². The molecule has 0 aromatic heterocycles. The third-order valence-electron chi connectivity index (χ3n) is 1.38. The van der Waals surface area contributed by atoms with Gasteiger partial charge in [0.15, 0.2) is 12.0 Å². The number of carbonyl (C=O) groups is 2. The van der Waals surface area contributed by atoms with Crippen molar-refractivity contribution in [2.24, 2.45) is 0 Å². The van der Waals surface area contributed by atoms with E-state index in [1.165, 1.54) is 7.11 Å². The van der Waals surface area contributed by atoms with E-state index in [4.69, 9.17) is 4.74 Å². The van der Waals surface area contributed by atoms with Crippen LogP contribution >= 0.6 is 0 Å². The Morgan fingerprint density at radius 3 is 2.30 bits per heavy atom. The lowest BCUT2D eigenvalue weighted by Gasteiger charge is -2.23. The van der Waals surface area contributed by atoms with Crippen molar-refractivity contribution >= 4 is 12.7 Å². The number of ether oxygens (including phenoxy) is 1. The fourth-order valence-electron chi connectivity index (χ4n) is 0.571. The van der Waals surface area contributed by atoms with E-state index in [9.17, 15) is 9.59 Å². The lowest BCUT2D eigenvalue weighted by molar-refractivity contribution is -0.137. The van der Waals surface area contributed by atoms with Gasteiger partial charge in [-0.15, -0.1) is 0 Å². The average molecular weight is 145 g/mol. The minimum absolute atomic E-state index is 0.422. The Bertz CT molecular complexity index is 120. The number of hydrogen-bond acceptors (Lipinski definition) is 3. The normalized spacial score (nSPS) is 15.4. The van der Waals surface area contributed by atoms with E-state index in [0.29, 0.717) is 19.1 Å². The molecule has 0 aliphatic carbocycles. The summed E-state index contributed by atoms with van der Waals surface area (Å²) in [6, 6.07) is 0. The number of hydrogen-bond donors (Lipinski definition) is 1. The number of carbonyl (C=O) groups excluding carboxylic acids is 2. The molecule has 1 unspecified atom stereocenters. The van der Waals surface area contributed by atoms with E-state index >= 15 is 0 Å². The van der Waals surface area contributed by atoms with Gasteiger partial charge < -0.3 is 10.1 Å². The zero-order valence-electron chi connectivity index (χ0n) is 6.09. The van der Waals surface area contributed by atoms with Gasteiger partial charge in [0.2, 0.25) is 6.41 Å². The molecular weight excluding hydrogens is 134 g/mol. The Labute approximate surface area is 59.6 Å². The highest BCUT2D eigenvalue weighted by molar-refractivity contribution is 5.67. The molecule has 1 N–H and O–H groups in total. The topological polar surface area (TPSA) is 55.4 Å². The van der Waals surface area contributed by atoms with Crippen LogP contribution in [0.5, 0.6) is 0 Å². The zero-order chi connectivity index (χ0) is 8.04. The van der Waals surface area contributed by atoms with Gasteiger partial charge in [-0.3, -0.25) is 9.59 Å². The summed E-state index contributed by atoms with van der Waals surface area (Å²) in [4.78, 5) is 20.3. The molecule has 0 heterocycles. The molecule has 0 fully saturated rings. The van der Waals surface area contributed by atoms with Crippen LogP contribution < -0.4 is 5.32 Å². The maximum absolute atomic E-state index is 10.3. The van der Waals surface area contributed by atoms with Crippen molar-refractivity contribution in [2.45, 2.75) is 19.1 Å². The fourth-order valence-corrected chi connectivity index (χ4v) is 0.571. The Kier molecular flexibility index (Phi) is 3.64. The molecule has 0 radical (unpaired) electrons. The summed E-state index contributed by atoms with van der Waals surface area (Å²) < 4.78 is 4.77. The van der Waals surface area contributed by atoms with Crippen molar-refractivity contribution in [1.29, 1.82) is 0 Å². The first-order valence-corrected chi connectivity index (χ1v) is 2.97. The molecule has 0 aliphatic heterocycles. The molecule has 0 aliphatic rings. The summed E-state index contributed by atoms with van der Waals surface area (Å²) in [5.74, 6) is 0. The van der Waals surface area contributed by atoms with E-state index in [2.05, 4.69) is 5.32 Å². The van der Waals surface area contributed by atoms with Crippen LogP contribution in [0, 0.1) is 0 Å². The van der Waals surface area contributed by atoms with Gasteiger partial charge in [0.25, 0.3) is 0 Å². The van der Waals surface area contributed by atoms with Gasteiger partial charge in [-0.25, -0.2) is 0 Å². The lowest BCUT2D eigenvalue weighted by atomic mass is 10.2. The van der Waals surface area contributed by atoms with E-state index in [1.807, 2.05) is 0 Å². The minimum atomic E-state index is -1.12. The molecule has 0 spiro atoms. The molecule has 0 rings (SSSR count). The van der Waals surface area contributed by atoms with Gasteiger partial charge in [0.1, 0.15) is 0 Å². The summed E-state index contributed by atoms with van der Waals surface area (Å²) in [5, 5.41) is 2.27. The van der Waals surface area contributed by atoms with Gasteiger partial charge in [0, 0.05) is 7.11 Å². The number of amides is 1. The molecule has 1 amide bonds. The second kappa shape index (κ2) is 4.00. The van der Waals surface area contributed by atoms with Crippen LogP contribution in [0.15, 0.2) is 0 Å². The van der Waals surface area contributed by atoms with E-state index in [1.54, 1.807) is 6.92 Å². The highest BCUT2D eigenvalue weighted by Crippen LogP contribution is 2.05. The second-order valence-electron chi connectivity index (χ2n) is 1.83. The van der Waals surface area contributed by atoms with E-state index in [0.717, 1.165) is 0 Å². The summed E-state index contributed by atoms with van der Waals surface area (Å²) in [7, 11) is 1.37. The van der Waals surface area contributed by atoms with Gasteiger partial charge in [-0.1, -0.05) is 6.92 Å². The molecule has 0 saturated carbocycles. The van der Waals surface area contributed by atoms with Crippen LogP contribution in [0.4, 0.5) is 0 Å². The highest BCUT2D eigenvalue weighted by Gasteiger charge is 2.25. The third kappa shape index (κ3) is 1.80. The van der Waals surface area contributed by atoms with Crippen molar-refractivity contribution in [3.8, 4) is 0 Å². The summed E-state index contributed by atoms with van der Waals surface area (Å²) in [6.45, 7) is 1.74. The Morgan fingerprint density at radius 1 is 1.60 bits per heavy atom. The molecular formula is C6H11NO3. The highest BCUT2D eigenvalue weighted by atomic mass is 16.5. The number of methoxy groups -OCH3 is 1. The third-order valence-corrected chi connectivity index (χ3v) is 1.38. The Hall–Kier alpha value is -0.900. The first kappa shape index (κ1) is 9.10. The number of nitrogens with one attached hydrogen (secondary N) is 1. The maximum Gasteiger partial charge on any atom is 0.209 e. The second-order valence-corrected chi connectivity index (χ2v) is 1.83. The predicted octanol–water partition coefficient (Wildman–Crippen LogP) is -0.316. The molecule has 10 heavy (non-hydrogen) atoms. The largest absolute Gasteiger partial charge is 0.352 e. The standard InChI is InChI=1S/C6H11NO3/c1-3-6(4-8,10-2)7-5-9/h4-5H,3H2,1-2H3,(H,7,9). The SMILES string of the molecule is CCC(C=O)(NC=O)OC. The van der Waals surface area contributed by atoms with Crippen LogP contribution in [0.3, 0.4) is 0 Å². The molecule has 0 aromatic rings. The van der Waals surface area contributed by atoms with Crippen molar-refractivity contribution in [2.75, 3.05) is 7.11 Å². The first-order valence-electron chi connectivity index (χ1n) is 2.97. The van der Waals surface area contributed by atoms with E-state index < -0.39 is 5.72 Å². The Balaban J connectivity index is 4.13. The fraction of sp³-hybridized carbons (Fsp3) is 0.667. The van der Waals surface area contributed by atoms with Crippen molar-refractivity contribution in [1.82, 2.24) is 5.32 Å².